The Kier molecular flexibility index (Phi) is 4.82. The van der Waals surface area contributed by atoms with Gasteiger partial charge in [-0.25, -0.2) is 9.48 Å². The van der Waals surface area contributed by atoms with E-state index in [1.54, 1.807) is 24.0 Å². The van der Waals surface area contributed by atoms with Crippen molar-refractivity contribution in [3.05, 3.63) is 78.4 Å². The van der Waals surface area contributed by atoms with Gasteiger partial charge in [-0.3, -0.25) is 9.48 Å². The molecule has 2 heterocycles. The topological polar surface area (TPSA) is 102 Å². The highest BCUT2D eigenvalue weighted by Gasteiger charge is 2.21. The van der Waals surface area contributed by atoms with Crippen LogP contribution in [-0.4, -0.2) is 36.5 Å². The molecule has 4 rings (SSSR count). The molecule has 146 valence electrons. The number of nitrogens with zero attached hydrogens (tertiary/aromatic N) is 4. The summed E-state index contributed by atoms with van der Waals surface area (Å²) >= 11 is 0. The van der Waals surface area contributed by atoms with E-state index in [0.29, 0.717) is 12.2 Å². The third kappa shape index (κ3) is 3.73. The predicted molar refractivity (Wildman–Crippen MR) is 108 cm³/mol. The Morgan fingerprint density at radius 1 is 1.10 bits per heavy atom. The fraction of sp³-hybridized carbons (Fsp3) is 0.143. The van der Waals surface area contributed by atoms with Crippen molar-refractivity contribution in [2.45, 2.75) is 19.5 Å². The van der Waals surface area contributed by atoms with Crippen LogP contribution in [-0.2, 0) is 11.3 Å². The van der Waals surface area contributed by atoms with Gasteiger partial charge >= 0.3 is 5.97 Å². The van der Waals surface area contributed by atoms with E-state index in [9.17, 15) is 14.7 Å². The summed E-state index contributed by atoms with van der Waals surface area (Å²) in [6.07, 6.45) is 4.67. The van der Waals surface area contributed by atoms with Crippen LogP contribution in [0.1, 0.15) is 29.0 Å². The number of aromatic carboxylic acids is 1. The quantitative estimate of drug-likeness (QED) is 0.527. The molecule has 1 unspecified atom stereocenters. The molecule has 2 N–H and O–H groups in total. The standard InChI is InChI=1S/C21H19N5O3/c1-14(26-19(21(28)29)9-10-22-26)20(27)24-17-11-23-25(13-17)12-16-7-4-6-15-5-2-3-8-18(15)16/h2-11,13-14H,12H2,1H3,(H,24,27)(H,28,29). The SMILES string of the molecule is CC(C(=O)Nc1cnn(Cc2cccc3ccccc23)c1)n1nccc1C(=O)O. The lowest BCUT2D eigenvalue weighted by Gasteiger charge is -2.13. The molecule has 4 aromatic rings. The number of carboxylic acid groups (broad SMARTS) is 1. The molecule has 0 aliphatic rings. The van der Waals surface area contributed by atoms with E-state index in [0.717, 1.165) is 16.3 Å². The fourth-order valence-electron chi connectivity index (χ4n) is 3.27. The van der Waals surface area contributed by atoms with E-state index >= 15 is 0 Å². The normalized spacial score (nSPS) is 12.0. The van der Waals surface area contributed by atoms with E-state index < -0.39 is 12.0 Å². The van der Waals surface area contributed by atoms with Crippen LogP contribution in [0, 0.1) is 0 Å². The first-order valence-corrected chi connectivity index (χ1v) is 9.09. The van der Waals surface area contributed by atoms with Crippen LogP contribution in [0.25, 0.3) is 10.8 Å². The molecule has 0 spiro atoms. The van der Waals surface area contributed by atoms with Crippen molar-refractivity contribution < 1.29 is 14.7 Å². The molecule has 1 atom stereocenters. The number of carbonyl (C=O) groups is 2. The molecule has 8 nitrogen and oxygen atoms in total. The average Bonchev–Trinajstić information content (AvgIpc) is 3.37. The van der Waals surface area contributed by atoms with Crippen LogP contribution < -0.4 is 5.32 Å². The Balaban J connectivity index is 1.48. The first-order valence-electron chi connectivity index (χ1n) is 9.09. The van der Waals surface area contributed by atoms with E-state index in [1.807, 2.05) is 18.2 Å². The van der Waals surface area contributed by atoms with Crippen LogP contribution in [0.4, 0.5) is 5.69 Å². The lowest BCUT2D eigenvalue weighted by atomic mass is 10.0. The molecule has 8 heteroatoms. The Bertz CT molecular complexity index is 1190. The molecule has 0 aliphatic heterocycles. The second-order valence-corrected chi connectivity index (χ2v) is 6.70. The maximum absolute atomic E-state index is 12.5. The van der Waals surface area contributed by atoms with Gasteiger partial charge in [0.25, 0.3) is 0 Å². The highest BCUT2D eigenvalue weighted by molar-refractivity contribution is 5.94. The summed E-state index contributed by atoms with van der Waals surface area (Å²) in [5.41, 5.74) is 1.62. The summed E-state index contributed by atoms with van der Waals surface area (Å²) in [5, 5.41) is 22.5. The zero-order chi connectivity index (χ0) is 20.4. The fourth-order valence-corrected chi connectivity index (χ4v) is 3.27. The molecular weight excluding hydrogens is 370 g/mol. The summed E-state index contributed by atoms with van der Waals surface area (Å²) in [6.45, 7) is 2.16. The largest absolute Gasteiger partial charge is 0.477 e. The maximum atomic E-state index is 12.5. The molecule has 0 saturated carbocycles. The third-order valence-corrected chi connectivity index (χ3v) is 4.75. The molecule has 0 saturated heterocycles. The number of anilines is 1. The number of fused-ring (bicyclic) bond motifs is 1. The van der Waals surface area contributed by atoms with Crippen molar-refractivity contribution in [2.75, 3.05) is 5.32 Å². The molecule has 2 aromatic heterocycles. The lowest BCUT2D eigenvalue weighted by molar-refractivity contribution is -0.119. The molecule has 0 fully saturated rings. The van der Waals surface area contributed by atoms with Gasteiger partial charge in [0.2, 0.25) is 5.91 Å². The number of hydrogen-bond donors (Lipinski definition) is 2. The van der Waals surface area contributed by atoms with E-state index in [4.69, 9.17) is 0 Å². The number of carboxylic acids is 1. The smallest absolute Gasteiger partial charge is 0.354 e. The summed E-state index contributed by atoms with van der Waals surface area (Å²) in [7, 11) is 0. The number of rotatable bonds is 6. The van der Waals surface area contributed by atoms with Crippen LogP contribution in [0.15, 0.2) is 67.1 Å². The van der Waals surface area contributed by atoms with E-state index in [1.165, 1.54) is 16.9 Å². The minimum absolute atomic E-state index is 0.0423. The van der Waals surface area contributed by atoms with Crippen molar-refractivity contribution >= 4 is 28.3 Å². The molecule has 2 aromatic carbocycles. The lowest BCUT2D eigenvalue weighted by Crippen LogP contribution is -2.26. The summed E-state index contributed by atoms with van der Waals surface area (Å²) in [4.78, 5) is 23.8. The molecule has 0 bridgehead atoms. The predicted octanol–water partition coefficient (Wildman–Crippen LogP) is 3.18. The van der Waals surface area contributed by atoms with Gasteiger partial charge in [0, 0.05) is 12.4 Å². The third-order valence-electron chi connectivity index (χ3n) is 4.75. The Morgan fingerprint density at radius 3 is 2.72 bits per heavy atom. The number of hydrogen-bond acceptors (Lipinski definition) is 4. The number of amides is 1. The summed E-state index contributed by atoms with van der Waals surface area (Å²) < 4.78 is 2.93. The van der Waals surface area contributed by atoms with Gasteiger partial charge in [0.15, 0.2) is 0 Å². The Morgan fingerprint density at radius 2 is 1.90 bits per heavy atom. The van der Waals surface area contributed by atoms with Gasteiger partial charge in [0.05, 0.1) is 18.4 Å². The number of nitrogens with one attached hydrogen (secondary N) is 1. The van der Waals surface area contributed by atoms with Gasteiger partial charge in [-0.1, -0.05) is 42.5 Å². The zero-order valence-electron chi connectivity index (χ0n) is 15.7. The van der Waals surface area contributed by atoms with Gasteiger partial charge in [-0.15, -0.1) is 0 Å². The first-order chi connectivity index (χ1) is 14.0. The Labute approximate surface area is 166 Å². The van der Waals surface area contributed by atoms with Crippen LogP contribution in [0.5, 0.6) is 0 Å². The molecule has 0 aliphatic carbocycles. The highest BCUT2D eigenvalue weighted by Crippen LogP contribution is 2.20. The minimum atomic E-state index is -1.13. The van der Waals surface area contributed by atoms with Gasteiger partial charge in [0.1, 0.15) is 11.7 Å². The van der Waals surface area contributed by atoms with Gasteiger partial charge in [-0.2, -0.15) is 10.2 Å². The summed E-state index contributed by atoms with van der Waals surface area (Å²) in [6, 6.07) is 14.8. The number of carbonyl (C=O) groups excluding carboxylic acids is 1. The number of aromatic nitrogens is 4. The highest BCUT2D eigenvalue weighted by atomic mass is 16.4. The zero-order valence-corrected chi connectivity index (χ0v) is 15.7. The first kappa shape index (κ1) is 18.4. The monoisotopic (exact) mass is 389 g/mol. The van der Waals surface area contributed by atoms with Gasteiger partial charge in [-0.05, 0) is 29.3 Å². The van der Waals surface area contributed by atoms with Crippen molar-refractivity contribution in [1.82, 2.24) is 19.6 Å². The minimum Gasteiger partial charge on any atom is -0.477 e. The molecule has 1 amide bonds. The maximum Gasteiger partial charge on any atom is 0.354 e. The molecule has 0 radical (unpaired) electrons. The number of benzene rings is 2. The van der Waals surface area contributed by atoms with Crippen molar-refractivity contribution in [1.29, 1.82) is 0 Å². The van der Waals surface area contributed by atoms with Crippen LogP contribution in [0.3, 0.4) is 0 Å². The van der Waals surface area contributed by atoms with Crippen molar-refractivity contribution in [2.24, 2.45) is 0 Å². The van der Waals surface area contributed by atoms with Gasteiger partial charge < -0.3 is 10.4 Å². The van der Waals surface area contributed by atoms with Crippen LogP contribution >= 0.6 is 0 Å². The summed E-state index contributed by atoms with van der Waals surface area (Å²) in [5.74, 6) is -1.51. The van der Waals surface area contributed by atoms with E-state index in [2.05, 4.69) is 39.8 Å². The second kappa shape index (κ2) is 7.59. The average molecular weight is 389 g/mol. The van der Waals surface area contributed by atoms with E-state index in [-0.39, 0.29) is 11.6 Å². The van der Waals surface area contributed by atoms with Crippen LogP contribution in [0.2, 0.25) is 0 Å². The van der Waals surface area contributed by atoms with Crippen molar-refractivity contribution in [3.63, 3.8) is 0 Å². The van der Waals surface area contributed by atoms with Crippen molar-refractivity contribution in [3.8, 4) is 0 Å². The second-order valence-electron chi connectivity index (χ2n) is 6.70. The molecule has 29 heavy (non-hydrogen) atoms. The Hall–Kier alpha value is -3.94. The molecular formula is C21H19N5O3.